The molecule has 2 heterocycles. The molecule has 3 aliphatic rings. The van der Waals surface area contributed by atoms with E-state index in [-0.39, 0.29) is 11.5 Å². The summed E-state index contributed by atoms with van der Waals surface area (Å²) < 4.78 is 30.0. The lowest BCUT2D eigenvalue weighted by molar-refractivity contribution is 0.294. The van der Waals surface area contributed by atoms with E-state index in [1.165, 1.54) is 11.6 Å². The molecule has 1 N–H and O–H groups in total. The molecule has 0 saturated carbocycles. The van der Waals surface area contributed by atoms with E-state index in [0.29, 0.717) is 31.5 Å². The Kier molecular flexibility index (Phi) is 5.82. The SMILES string of the molecule is C=C1CC2(CCN(c3cc4c(c(=O)[nH]3)CCCC4)CC2)c2c(F)cc(F)cc2[C@H]1Cc1ccccc1. The van der Waals surface area contributed by atoms with Gasteiger partial charge in [0.05, 0.1) is 0 Å². The van der Waals surface area contributed by atoms with Crippen molar-refractivity contribution in [3.63, 3.8) is 0 Å². The topological polar surface area (TPSA) is 36.1 Å². The molecular formula is C31H32F2N2O. The maximum atomic E-state index is 15.5. The zero-order valence-corrected chi connectivity index (χ0v) is 20.6. The fourth-order valence-corrected chi connectivity index (χ4v) is 6.91. The third kappa shape index (κ3) is 3.99. The Morgan fingerprint density at radius 2 is 1.78 bits per heavy atom. The van der Waals surface area contributed by atoms with E-state index in [1.54, 1.807) is 0 Å². The summed E-state index contributed by atoms with van der Waals surface area (Å²) in [7, 11) is 0. The first-order valence-electron chi connectivity index (χ1n) is 13.1. The normalized spacial score (nSPS) is 20.8. The molecule has 36 heavy (non-hydrogen) atoms. The molecule has 1 aliphatic heterocycles. The highest BCUT2D eigenvalue weighted by Crippen LogP contribution is 2.52. The van der Waals surface area contributed by atoms with Crippen molar-refractivity contribution in [2.75, 3.05) is 18.0 Å². The van der Waals surface area contributed by atoms with E-state index in [0.717, 1.165) is 72.7 Å². The number of nitrogens with zero attached hydrogens (tertiary/aromatic N) is 1. The average molecular weight is 487 g/mol. The summed E-state index contributed by atoms with van der Waals surface area (Å²) in [5, 5.41) is 0. The molecule has 186 valence electrons. The molecule has 0 radical (unpaired) electrons. The van der Waals surface area contributed by atoms with Gasteiger partial charge >= 0.3 is 0 Å². The molecule has 2 aromatic carbocycles. The van der Waals surface area contributed by atoms with Crippen molar-refractivity contribution in [1.82, 2.24) is 4.98 Å². The highest BCUT2D eigenvalue weighted by atomic mass is 19.1. The van der Waals surface area contributed by atoms with E-state index in [1.807, 2.05) is 18.2 Å². The molecule has 3 nitrogen and oxygen atoms in total. The fraction of sp³-hybridized carbons (Fsp3) is 0.387. The van der Waals surface area contributed by atoms with Crippen LogP contribution in [0.15, 0.2) is 65.5 Å². The van der Waals surface area contributed by atoms with E-state index >= 15 is 4.39 Å². The lowest BCUT2D eigenvalue weighted by Gasteiger charge is -2.48. The number of aromatic nitrogens is 1. The van der Waals surface area contributed by atoms with Crippen LogP contribution in [-0.2, 0) is 24.7 Å². The van der Waals surface area contributed by atoms with Crippen molar-refractivity contribution < 1.29 is 8.78 Å². The minimum Gasteiger partial charge on any atom is -0.358 e. The van der Waals surface area contributed by atoms with Crippen LogP contribution in [0, 0.1) is 11.6 Å². The highest BCUT2D eigenvalue weighted by Gasteiger charge is 2.45. The zero-order chi connectivity index (χ0) is 24.9. The van der Waals surface area contributed by atoms with Crippen molar-refractivity contribution in [2.24, 2.45) is 0 Å². The molecule has 3 aromatic rings. The molecular weight excluding hydrogens is 454 g/mol. The van der Waals surface area contributed by atoms with Gasteiger partial charge in [-0.05, 0) is 85.8 Å². The van der Waals surface area contributed by atoms with Crippen molar-refractivity contribution in [3.05, 3.63) is 110 Å². The standard InChI is InChI=1S/C31H32F2N2O/c1-20-19-31(11-13-35(14-12-31)28-16-22-9-5-6-10-24(22)30(36)34-28)29-26(17-23(32)18-27(29)33)25(20)15-21-7-3-2-4-8-21/h2-4,7-8,16-18,25H,1,5-6,9-15,19H2,(H,34,36)/t25-/m0/s1. The van der Waals surface area contributed by atoms with Gasteiger partial charge < -0.3 is 9.88 Å². The van der Waals surface area contributed by atoms with Gasteiger partial charge in [-0.3, -0.25) is 4.79 Å². The van der Waals surface area contributed by atoms with Crippen LogP contribution in [-0.4, -0.2) is 18.1 Å². The van der Waals surface area contributed by atoms with Crippen molar-refractivity contribution >= 4 is 5.82 Å². The van der Waals surface area contributed by atoms with Gasteiger partial charge in [0, 0.05) is 36.1 Å². The Morgan fingerprint density at radius 1 is 1.03 bits per heavy atom. The fourth-order valence-electron chi connectivity index (χ4n) is 6.91. The molecule has 1 saturated heterocycles. The van der Waals surface area contributed by atoms with Gasteiger partial charge in [0.25, 0.3) is 5.56 Å². The van der Waals surface area contributed by atoms with Crippen LogP contribution in [0.2, 0.25) is 0 Å². The summed E-state index contributed by atoms with van der Waals surface area (Å²) in [6.07, 6.45) is 6.87. The molecule has 0 bridgehead atoms. The molecule has 1 aromatic heterocycles. The number of halogens is 2. The predicted octanol–water partition coefficient (Wildman–Crippen LogP) is 6.36. The van der Waals surface area contributed by atoms with Crippen LogP contribution >= 0.6 is 0 Å². The Bertz CT molecular complexity index is 1370. The van der Waals surface area contributed by atoms with Gasteiger partial charge in [-0.2, -0.15) is 0 Å². The van der Waals surface area contributed by atoms with Gasteiger partial charge in [0.1, 0.15) is 17.5 Å². The largest absolute Gasteiger partial charge is 0.358 e. The summed E-state index contributed by atoms with van der Waals surface area (Å²) in [6, 6.07) is 14.8. The number of nitrogens with one attached hydrogen (secondary N) is 1. The highest BCUT2D eigenvalue weighted by molar-refractivity contribution is 5.51. The molecule has 2 aliphatic carbocycles. The molecule has 5 heteroatoms. The maximum absolute atomic E-state index is 15.5. The smallest absolute Gasteiger partial charge is 0.252 e. The van der Waals surface area contributed by atoms with Gasteiger partial charge in [-0.1, -0.05) is 42.5 Å². The number of rotatable bonds is 3. The van der Waals surface area contributed by atoms with Crippen LogP contribution in [0.4, 0.5) is 14.6 Å². The Labute approximate surface area is 210 Å². The lowest BCUT2D eigenvalue weighted by Crippen LogP contribution is -2.46. The number of aryl methyl sites for hydroxylation is 1. The van der Waals surface area contributed by atoms with Gasteiger partial charge in [0.2, 0.25) is 0 Å². The number of anilines is 1. The van der Waals surface area contributed by atoms with Crippen LogP contribution in [0.3, 0.4) is 0 Å². The number of hydrogen-bond acceptors (Lipinski definition) is 2. The third-order valence-corrected chi connectivity index (χ3v) is 8.73. The summed E-state index contributed by atoms with van der Waals surface area (Å²) >= 11 is 0. The first-order chi connectivity index (χ1) is 17.4. The van der Waals surface area contributed by atoms with E-state index in [9.17, 15) is 9.18 Å². The molecule has 0 unspecified atom stereocenters. The maximum Gasteiger partial charge on any atom is 0.252 e. The molecule has 0 amide bonds. The Morgan fingerprint density at radius 3 is 2.56 bits per heavy atom. The zero-order valence-electron chi connectivity index (χ0n) is 20.6. The predicted molar refractivity (Wildman–Crippen MR) is 140 cm³/mol. The van der Waals surface area contributed by atoms with Crippen molar-refractivity contribution in [1.29, 1.82) is 0 Å². The average Bonchev–Trinajstić information content (AvgIpc) is 2.87. The second-order valence-corrected chi connectivity index (χ2v) is 10.9. The van der Waals surface area contributed by atoms with E-state index < -0.39 is 17.0 Å². The van der Waals surface area contributed by atoms with Crippen molar-refractivity contribution in [3.8, 4) is 0 Å². The Hall–Kier alpha value is -3.21. The second-order valence-electron chi connectivity index (χ2n) is 10.9. The quantitative estimate of drug-likeness (QED) is 0.438. The summed E-state index contributed by atoms with van der Waals surface area (Å²) in [4.78, 5) is 18.0. The summed E-state index contributed by atoms with van der Waals surface area (Å²) in [5.41, 5.74) is 5.35. The lowest BCUT2D eigenvalue weighted by atomic mass is 9.60. The monoisotopic (exact) mass is 486 g/mol. The summed E-state index contributed by atoms with van der Waals surface area (Å²) in [6.45, 7) is 5.85. The Balaban J connectivity index is 1.32. The number of pyridine rings is 1. The van der Waals surface area contributed by atoms with Gasteiger partial charge in [0.15, 0.2) is 0 Å². The molecule has 6 rings (SSSR count). The number of allylic oxidation sites excluding steroid dienone is 1. The number of H-pyrrole nitrogens is 1. The second kappa shape index (κ2) is 9.02. The number of benzene rings is 2. The molecule has 1 spiro atoms. The number of fused-ring (bicyclic) bond motifs is 3. The number of hydrogen-bond donors (Lipinski definition) is 1. The minimum absolute atomic E-state index is 0.0316. The number of piperidine rings is 1. The van der Waals surface area contributed by atoms with Gasteiger partial charge in [-0.15, -0.1) is 0 Å². The summed E-state index contributed by atoms with van der Waals surface area (Å²) in [5.74, 6) is -0.204. The van der Waals surface area contributed by atoms with E-state index in [2.05, 4.69) is 34.7 Å². The van der Waals surface area contributed by atoms with Crippen LogP contribution in [0.5, 0.6) is 0 Å². The van der Waals surface area contributed by atoms with Crippen LogP contribution in [0.1, 0.15) is 65.8 Å². The van der Waals surface area contributed by atoms with Crippen molar-refractivity contribution in [2.45, 2.75) is 62.7 Å². The molecule has 1 atom stereocenters. The first kappa shape index (κ1) is 23.2. The molecule has 1 fully saturated rings. The third-order valence-electron chi connectivity index (χ3n) is 8.73. The van der Waals surface area contributed by atoms with Gasteiger partial charge in [-0.25, -0.2) is 8.78 Å². The first-order valence-corrected chi connectivity index (χ1v) is 13.1. The van der Waals surface area contributed by atoms with Crippen LogP contribution in [0.25, 0.3) is 0 Å². The minimum atomic E-state index is -0.529. The number of aromatic amines is 1. The van der Waals surface area contributed by atoms with Crippen LogP contribution < -0.4 is 10.5 Å². The van der Waals surface area contributed by atoms with E-state index in [4.69, 9.17) is 0 Å².